The fourth-order valence-corrected chi connectivity index (χ4v) is 3.06. The number of nitrogens with zero attached hydrogens (tertiary/aromatic N) is 2. The zero-order valence-electron chi connectivity index (χ0n) is 13.1. The molecule has 1 aromatic rings. The van der Waals surface area contributed by atoms with Crippen molar-refractivity contribution in [2.24, 2.45) is 0 Å². The van der Waals surface area contributed by atoms with Crippen LogP contribution < -0.4 is 5.32 Å². The molecule has 3 heteroatoms. The lowest BCUT2D eigenvalue weighted by molar-refractivity contribution is 0.186. The van der Waals surface area contributed by atoms with E-state index >= 15 is 0 Å². The molecule has 112 valence electrons. The largest absolute Gasteiger partial charge is 0.370 e. The standard InChI is InChI=1S/C17H29N3/c1-3-10-18-17-13-15(9-11-19-17)14-20-12-7-5-6-8-16(20)4-2/h9,11,13,16H,3-8,10,12,14H2,1-2H3,(H,18,19). The Morgan fingerprint density at radius 2 is 2.20 bits per heavy atom. The van der Waals surface area contributed by atoms with Crippen molar-refractivity contribution in [1.29, 1.82) is 0 Å². The quantitative estimate of drug-likeness (QED) is 0.848. The van der Waals surface area contributed by atoms with Crippen molar-refractivity contribution >= 4 is 5.82 Å². The number of rotatable bonds is 6. The molecular formula is C17H29N3. The molecule has 2 heterocycles. The predicted octanol–water partition coefficient (Wildman–Crippen LogP) is 4.06. The van der Waals surface area contributed by atoms with E-state index in [-0.39, 0.29) is 0 Å². The van der Waals surface area contributed by atoms with Crippen LogP contribution in [0, 0.1) is 0 Å². The summed E-state index contributed by atoms with van der Waals surface area (Å²) >= 11 is 0. The summed E-state index contributed by atoms with van der Waals surface area (Å²) in [5.41, 5.74) is 1.39. The van der Waals surface area contributed by atoms with Gasteiger partial charge in [0.1, 0.15) is 5.82 Å². The van der Waals surface area contributed by atoms with Crippen LogP contribution in [0.4, 0.5) is 5.82 Å². The highest BCUT2D eigenvalue weighted by molar-refractivity contribution is 5.37. The van der Waals surface area contributed by atoms with E-state index in [1.165, 1.54) is 44.2 Å². The minimum Gasteiger partial charge on any atom is -0.370 e. The fourth-order valence-electron chi connectivity index (χ4n) is 3.06. The molecule has 1 fully saturated rings. The second kappa shape index (κ2) is 8.25. The smallest absolute Gasteiger partial charge is 0.126 e. The van der Waals surface area contributed by atoms with Gasteiger partial charge in [-0.15, -0.1) is 0 Å². The first-order valence-electron chi connectivity index (χ1n) is 8.26. The van der Waals surface area contributed by atoms with E-state index < -0.39 is 0 Å². The van der Waals surface area contributed by atoms with Gasteiger partial charge in [-0.25, -0.2) is 4.98 Å². The van der Waals surface area contributed by atoms with Gasteiger partial charge < -0.3 is 5.32 Å². The predicted molar refractivity (Wildman–Crippen MR) is 86.0 cm³/mol. The summed E-state index contributed by atoms with van der Waals surface area (Å²) < 4.78 is 0. The molecule has 0 radical (unpaired) electrons. The van der Waals surface area contributed by atoms with Gasteiger partial charge in [-0.3, -0.25) is 4.90 Å². The van der Waals surface area contributed by atoms with E-state index in [4.69, 9.17) is 0 Å². The maximum absolute atomic E-state index is 4.40. The number of hydrogen-bond donors (Lipinski definition) is 1. The molecule has 3 nitrogen and oxygen atoms in total. The van der Waals surface area contributed by atoms with E-state index in [0.717, 1.165) is 31.4 Å². The van der Waals surface area contributed by atoms with E-state index in [1.807, 2.05) is 6.20 Å². The summed E-state index contributed by atoms with van der Waals surface area (Å²) in [7, 11) is 0. The van der Waals surface area contributed by atoms with Gasteiger partial charge in [0.2, 0.25) is 0 Å². The first kappa shape index (κ1) is 15.3. The van der Waals surface area contributed by atoms with Crippen LogP contribution >= 0.6 is 0 Å². The molecule has 1 aliphatic rings. The van der Waals surface area contributed by atoms with Crippen LogP contribution in [0.3, 0.4) is 0 Å². The van der Waals surface area contributed by atoms with Gasteiger partial charge in [-0.2, -0.15) is 0 Å². The molecule has 1 atom stereocenters. The third kappa shape index (κ3) is 4.48. The Hall–Kier alpha value is -1.09. The van der Waals surface area contributed by atoms with Crippen LogP contribution in [0.1, 0.15) is 57.9 Å². The summed E-state index contributed by atoms with van der Waals surface area (Å²) in [6.07, 6.45) is 9.85. The number of pyridine rings is 1. The molecule has 0 spiro atoms. The summed E-state index contributed by atoms with van der Waals surface area (Å²) in [5, 5.41) is 3.38. The SMILES string of the molecule is CCCNc1cc(CN2CCCCCC2CC)ccn1. The molecule has 0 saturated carbocycles. The second-order valence-corrected chi connectivity index (χ2v) is 5.86. The van der Waals surface area contributed by atoms with Crippen molar-refractivity contribution in [1.82, 2.24) is 9.88 Å². The molecule has 0 amide bonds. The summed E-state index contributed by atoms with van der Waals surface area (Å²) in [5.74, 6) is 1.02. The molecular weight excluding hydrogens is 246 g/mol. The molecule has 1 aliphatic heterocycles. The van der Waals surface area contributed by atoms with Gasteiger partial charge in [-0.05, 0) is 49.9 Å². The number of likely N-dealkylation sites (tertiary alicyclic amines) is 1. The number of anilines is 1. The first-order chi connectivity index (χ1) is 9.83. The van der Waals surface area contributed by atoms with Crippen molar-refractivity contribution in [2.45, 2.75) is 65.0 Å². The van der Waals surface area contributed by atoms with Crippen LogP contribution in [0.25, 0.3) is 0 Å². The van der Waals surface area contributed by atoms with E-state index in [9.17, 15) is 0 Å². The normalized spacial score (nSPS) is 20.6. The monoisotopic (exact) mass is 275 g/mol. The van der Waals surface area contributed by atoms with Crippen molar-refractivity contribution in [3.63, 3.8) is 0 Å². The Kier molecular flexibility index (Phi) is 6.31. The van der Waals surface area contributed by atoms with Gasteiger partial charge >= 0.3 is 0 Å². The van der Waals surface area contributed by atoms with Crippen LogP contribution in [0.5, 0.6) is 0 Å². The molecule has 2 rings (SSSR count). The van der Waals surface area contributed by atoms with Crippen LogP contribution in [0.15, 0.2) is 18.3 Å². The van der Waals surface area contributed by atoms with E-state index in [1.54, 1.807) is 0 Å². The average Bonchev–Trinajstić information content (AvgIpc) is 2.70. The summed E-state index contributed by atoms with van der Waals surface area (Å²) in [6, 6.07) is 5.14. The van der Waals surface area contributed by atoms with Crippen LogP contribution in [-0.2, 0) is 6.54 Å². The summed E-state index contributed by atoms with van der Waals surface area (Å²) in [4.78, 5) is 7.07. The highest BCUT2D eigenvalue weighted by Gasteiger charge is 2.19. The van der Waals surface area contributed by atoms with Crippen LogP contribution in [-0.4, -0.2) is 29.0 Å². The van der Waals surface area contributed by atoms with Gasteiger partial charge in [-0.1, -0.05) is 26.7 Å². The van der Waals surface area contributed by atoms with Crippen molar-refractivity contribution < 1.29 is 0 Å². The number of nitrogens with one attached hydrogen (secondary N) is 1. The molecule has 1 aromatic heterocycles. The molecule has 1 saturated heterocycles. The Bertz CT molecular complexity index is 392. The van der Waals surface area contributed by atoms with Crippen molar-refractivity contribution in [2.75, 3.05) is 18.4 Å². The highest BCUT2D eigenvalue weighted by Crippen LogP contribution is 2.21. The van der Waals surface area contributed by atoms with Gasteiger partial charge in [0.05, 0.1) is 0 Å². The van der Waals surface area contributed by atoms with Gasteiger partial charge in [0, 0.05) is 25.3 Å². The lowest BCUT2D eigenvalue weighted by Gasteiger charge is -2.29. The Labute approximate surface area is 123 Å². The van der Waals surface area contributed by atoms with E-state index in [0.29, 0.717) is 0 Å². The number of hydrogen-bond acceptors (Lipinski definition) is 3. The minimum absolute atomic E-state index is 0.762. The maximum atomic E-state index is 4.40. The Morgan fingerprint density at radius 1 is 1.30 bits per heavy atom. The first-order valence-corrected chi connectivity index (χ1v) is 8.26. The molecule has 20 heavy (non-hydrogen) atoms. The second-order valence-electron chi connectivity index (χ2n) is 5.86. The topological polar surface area (TPSA) is 28.2 Å². The fraction of sp³-hybridized carbons (Fsp3) is 0.706. The van der Waals surface area contributed by atoms with E-state index in [2.05, 4.69) is 41.2 Å². The molecule has 0 bridgehead atoms. The van der Waals surface area contributed by atoms with Crippen molar-refractivity contribution in [3.05, 3.63) is 23.9 Å². The average molecular weight is 275 g/mol. The molecule has 1 unspecified atom stereocenters. The minimum atomic E-state index is 0.762. The zero-order chi connectivity index (χ0) is 14.2. The highest BCUT2D eigenvalue weighted by atomic mass is 15.2. The molecule has 0 aliphatic carbocycles. The Morgan fingerprint density at radius 3 is 3.00 bits per heavy atom. The zero-order valence-corrected chi connectivity index (χ0v) is 13.1. The van der Waals surface area contributed by atoms with Gasteiger partial charge in [0.25, 0.3) is 0 Å². The number of aromatic nitrogens is 1. The lowest BCUT2D eigenvalue weighted by atomic mass is 10.1. The Balaban J connectivity index is 1.99. The third-order valence-electron chi connectivity index (χ3n) is 4.24. The third-order valence-corrected chi connectivity index (χ3v) is 4.24. The summed E-state index contributed by atoms with van der Waals surface area (Å²) in [6.45, 7) is 7.82. The maximum Gasteiger partial charge on any atom is 0.126 e. The van der Waals surface area contributed by atoms with Crippen LogP contribution in [0.2, 0.25) is 0 Å². The molecule has 1 N–H and O–H groups in total. The molecule has 0 aromatic carbocycles. The lowest BCUT2D eigenvalue weighted by Crippen LogP contribution is -2.33. The van der Waals surface area contributed by atoms with Crippen molar-refractivity contribution in [3.8, 4) is 0 Å². The van der Waals surface area contributed by atoms with Gasteiger partial charge in [0.15, 0.2) is 0 Å².